The van der Waals surface area contributed by atoms with E-state index in [1.807, 2.05) is 63.2 Å². The second kappa shape index (κ2) is 14.6. The van der Waals surface area contributed by atoms with Gasteiger partial charge < -0.3 is 20.3 Å². The van der Waals surface area contributed by atoms with Crippen molar-refractivity contribution in [1.29, 1.82) is 0 Å². The Balaban J connectivity index is 2.40. The Bertz CT molecular complexity index is 1070. The third-order valence-corrected chi connectivity index (χ3v) is 6.13. The van der Waals surface area contributed by atoms with Crippen molar-refractivity contribution in [3.8, 4) is 0 Å². The molecule has 2 rings (SSSR count). The number of benzene rings is 2. The zero-order valence-electron chi connectivity index (χ0n) is 24.1. The number of aryl methyl sites for hydroxylation is 3. The topological polar surface area (TPSA) is 87.7 Å². The number of alkyl carbamates (subject to hydrolysis) is 1. The molecule has 7 nitrogen and oxygen atoms in total. The Hall–Kier alpha value is -3.35. The van der Waals surface area contributed by atoms with E-state index in [9.17, 15) is 14.4 Å². The molecule has 1 unspecified atom stereocenters. The van der Waals surface area contributed by atoms with Crippen LogP contribution in [0.4, 0.5) is 10.5 Å². The number of anilines is 1. The minimum Gasteiger partial charge on any atom is -0.444 e. The zero-order valence-corrected chi connectivity index (χ0v) is 24.1. The van der Waals surface area contributed by atoms with Crippen LogP contribution in [0.15, 0.2) is 42.5 Å². The number of hydrogen-bond acceptors (Lipinski definition) is 4. The fourth-order valence-corrected chi connectivity index (χ4v) is 4.40. The molecule has 38 heavy (non-hydrogen) atoms. The molecule has 0 bridgehead atoms. The summed E-state index contributed by atoms with van der Waals surface area (Å²) in [4.78, 5) is 41.4. The highest BCUT2D eigenvalue weighted by Crippen LogP contribution is 2.27. The van der Waals surface area contributed by atoms with Crippen molar-refractivity contribution in [2.24, 2.45) is 0 Å². The summed E-state index contributed by atoms with van der Waals surface area (Å²) >= 11 is 0. The SMILES string of the molecule is CCCCCCCN(C(=O)CNC(=O)OC(C)(C)C)C(C(=O)Nc1ccccc1C)c1cc(C)cc(C)c1. The first-order valence-electron chi connectivity index (χ1n) is 13.6. The standard InChI is InChI=1S/C31H45N3O4/c1-8-9-10-11-14-17-34(27(35)21-32-30(37)38-31(5,6)7)28(25-19-22(2)18-23(3)20-25)29(36)33-26-16-13-12-15-24(26)4/h12-13,15-16,18-20,28H,8-11,14,17,21H2,1-7H3,(H,32,37)(H,33,36). The van der Waals surface area contributed by atoms with Gasteiger partial charge in [0.15, 0.2) is 0 Å². The Kier molecular flexibility index (Phi) is 11.8. The smallest absolute Gasteiger partial charge is 0.408 e. The summed E-state index contributed by atoms with van der Waals surface area (Å²) in [7, 11) is 0. The first-order chi connectivity index (χ1) is 17.9. The van der Waals surface area contributed by atoms with Crippen LogP contribution in [0.2, 0.25) is 0 Å². The van der Waals surface area contributed by atoms with Crippen LogP contribution in [-0.4, -0.2) is 41.5 Å². The maximum Gasteiger partial charge on any atom is 0.408 e. The number of carbonyl (C=O) groups is 3. The molecule has 7 heteroatoms. The van der Waals surface area contributed by atoms with E-state index >= 15 is 0 Å². The number of carbonyl (C=O) groups excluding carboxylic acids is 3. The van der Waals surface area contributed by atoms with Crippen LogP contribution in [0.3, 0.4) is 0 Å². The van der Waals surface area contributed by atoms with Gasteiger partial charge >= 0.3 is 6.09 Å². The molecule has 0 saturated heterocycles. The number of hydrogen-bond donors (Lipinski definition) is 2. The highest BCUT2D eigenvalue weighted by molar-refractivity contribution is 5.99. The summed E-state index contributed by atoms with van der Waals surface area (Å²) in [6.45, 7) is 13.5. The van der Waals surface area contributed by atoms with Crippen molar-refractivity contribution in [3.05, 3.63) is 64.7 Å². The van der Waals surface area contributed by atoms with Crippen LogP contribution in [0.25, 0.3) is 0 Å². The van der Waals surface area contributed by atoms with E-state index in [0.29, 0.717) is 12.2 Å². The third-order valence-electron chi connectivity index (χ3n) is 6.13. The van der Waals surface area contributed by atoms with Gasteiger partial charge in [-0.05, 0) is 65.2 Å². The van der Waals surface area contributed by atoms with Crippen molar-refractivity contribution in [3.63, 3.8) is 0 Å². The van der Waals surface area contributed by atoms with E-state index in [1.54, 1.807) is 25.7 Å². The lowest BCUT2D eigenvalue weighted by atomic mass is 9.98. The Morgan fingerprint density at radius 1 is 0.921 bits per heavy atom. The molecule has 2 aromatic carbocycles. The average Bonchev–Trinajstić information content (AvgIpc) is 2.81. The maximum absolute atomic E-state index is 13.9. The molecule has 0 aliphatic heterocycles. The summed E-state index contributed by atoms with van der Waals surface area (Å²) in [6.07, 6.45) is 4.36. The minimum absolute atomic E-state index is 0.261. The molecule has 1 atom stereocenters. The Morgan fingerprint density at radius 3 is 2.16 bits per heavy atom. The molecular weight excluding hydrogens is 478 g/mol. The molecule has 208 valence electrons. The lowest BCUT2D eigenvalue weighted by molar-refractivity contribution is -0.138. The van der Waals surface area contributed by atoms with E-state index < -0.39 is 17.7 Å². The lowest BCUT2D eigenvalue weighted by Gasteiger charge is -2.32. The van der Waals surface area contributed by atoms with Crippen molar-refractivity contribution >= 4 is 23.6 Å². The molecule has 2 aromatic rings. The number of rotatable bonds is 12. The maximum atomic E-state index is 13.9. The molecule has 0 aliphatic rings. The van der Waals surface area contributed by atoms with Gasteiger partial charge in [-0.15, -0.1) is 0 Å². The predicted octanol–water partition coefficient (Wildman–Crippen LogP) is 6.62. The van der Waals surface area contributed by atoms with Gasteiger partial charge in [0.1, 0.15) is 18.2 Å². The lowest BCUT2D eigenvalue weighted by Crippen LogP contribution is -2.47. The van der Waals surface area contributed by atoms with Crippen molar-refractivity contribution in [2.75, 3.05) is 18.4 Å². The summed E-state index contributed by atoms with van der Waals surface area (Å²) < 4.78 is 5.31. The van der Waals surface area contributed by atoms with Gasteiger partial charge in [0.2, 0.25) is 5.91 Å². The number of ether oxygens (including phenoxy) is 1. The van der Waals surface area contributed by atoms with Crippen LogP contribution >= 0.6 is 0 Å². The van der Waals surface area contributed by atoms with Gasteiger partial charge in [0.05, 0.1) is 0 Å². The normalized spacial score (nSPS) is 12.0. The highest BCUT2D eigenvalue weighted by Gasteiger charge is 2.32. The first kappa shape index (κ1) is 30.9. The molecular formula is C31H45N3O4. The van der Waals surface area contributed by atoms with E-state index in [4.69, 9.17) is 4.74 Å². The Morgan fingerprint density at radius 2 is 1.55 bits per heavy atom. The first-order valence-corrected chi connectivity index (χ1v) is 13.6. The molecule has 0 aromatic heterocycles. The summed E-state index contributed by atoms with van der Waals surface area (Å²) in [5, 5.41) is 5.62. The summed E-state index contributed by atoms with van der Waals surface area (Å²) in [5.41, 5.74) is 3.72. The van der Waals surface area contributed by atoms with Gasteiger partial charge in [-0.2, -0.15) is 0 Å². The molecule has 0 aliphatic carbocycles. The van der Waals surface area contributed by atoms with Crippen LogP contribution in [-0.2, 0) is 14.3 Å². The van der Waals surface area contributed by atoms with Gasteiger partial charge in [0.25, 0.3) is 5.91 Å². The molecule has 0 spiro atoms. The van der Waals surface area contributed by atoms with E-state index in [-0.39, 0.29) is 18.4 Å². The number of nitrogens with zero attached hydrogens (tertiary/aromatic N) is 1. The molecule has 0 radical (unpaired) electrons. The highest BCUT2D eigenvalue weighted by atomic mass is 16.6. The van der Waals surface area contributed by atoms with Gasteiger partial charge in [-0.3, -0.25) is 9.59 Å². The van der Waals surface area contributed by atoms with Crippen LogP contribution in [0, 0.1) is 20.8 Å². The average molecular weight is 524 g/mol. The second-order valence-corrected chi connectivity index (χ2v) is 11.0. The number of para-hydroxylation sites is 1. The van der Waals surface area contributed by atoms with Crippen molar-refractivity contribution in [2.45, 2.75) is 92.2 Å². The van der Waals surface area contributed by atoms with Crippen molar-refractivity contribution in [1.82, 2.24) is 10.2 Å². The van der Waals surface area contributed by atoms with Crippen LogP contribution < -0.4 is 10.6 Å². The van der Waals surface area contributed by atoms with Gasteiger partial charge in [-0.1, -0.05) is 80.1 Å². The molecule has 0 fully saturated rings. The fourth-order valence-electron chi connectivity index (χ4n) is 4.40. The van der Waals surface area contributed by atoms with Gasteiger partial charge in [0, 0.05) is 12.2 Å². The van der Waals surface area contributed by atoms with Gasteiger partial charge in [-0.25, -0.2) is 4.79 Å². The zero-order chi connectivity index (χ0) is 28.3. The predicted molar refractivity (Wildman–Crippen MR) is 153 cm³/mol. The fraction of sp³-hybridized carbons (Fsp3) is 0.516. The molecule has 0 saturated carbocycles. The van der Waals surface area contributed by atoms with E-state index in [2.05, 4.69) is 17.6 Å². The quantitative estimate of drug-likeness (QED) is 0.306. The van der Waals surface area contributed by atoms with Crippen molar-refractivity contribution < 1.29 is 19.1 Å². The van der Waals surface area contributed by atoms with Crippen LogP contribution in [0.1, 0.15) is 88.1 Å². The molecule has 3 amide bonds. The monoisotopic (exact) mass is 523 g/mol. The number of nitrogens with one attached hydrogen (secondary N) is 2. The second-order valence-electron chi connectivity index (χ2n) is 11.0. The minimum atomic E-state index is -0.854. The molecule has 0 heterocycles. The molecule has 2 N–H and O–H groups in total. The summed E-state index contributed by atoms with van der Waals surface area (Å²) in [5.74, 6) is -0.626. The number of unbranched alkanes of at least 4 members (excludes halogenated alkanes) is 4. The third kappa shape index (κ3) is 10.2. The summed E-state index contributed by atoms with van der Waals surface area (Å²) in [6, 6.07) is 12.7. The largest absolute Gasteiger partial charge is 0.444 e. The Labute approximate surface area is 228 Å². The van der Waals surface area contributed by atoms with Crippen LogP contribution in [0.5, 0.6) is 0 Å². The van der Waals surface area contributed by atoms with E-state index in [1.165, 1.54) is 0 Å². The number of amides is 3. The van der Waals surface area contributed by atoms with E-state index in [0.717, 1.165) is 54.4 Å².